The third kappa shape index (κ3) is 5.15. The fraction of sp³-hybridized carbons (Fsp3) is 0.750. The van der Waals surface area contributed by atoms with Gasteiger partial charge in [-0.05, 0) is 26.3 Å². The van der Waals surface area contributed by atoms with Crippen LogP contribution in [0.2, 0.25) is 0 Å². The summed E-state index contributed by atoms with van der Waals surface area (Å²) in [6, 6.07) is -1.07. The summed E-state index contributed by atoms with van der Waals surface area (Å²) in [5, 5.41) is 11.6. The molecule has 0 radical (unpaired) electrons. The molecule has 3 fully saturated rings. The molecule has 10 nitrogen and oxygen atoms in total. The number of amides is 4. The average Bonchev–Trinajstić information content (AvgIpc) is 2.91. The van der Waals surface area contributed by atoms with Crippen LogP contribution >= 0.6 is 0 Å². The maximum atomic E-state index is 12.3. The highest BCUT2D eigenvalue weighted by atomic mass is 16.5. The highest BCUT2D eigenvalue weighted by Crippen LogP contribution is 2.30. The molecule has 3 N–H and O–H groups in total. The van der Waals surface area contributed by atoms with Gasteiger partial charge in [-0.15, -0.1) is 0 Å². The Labute approximate surface area is 151 Å². The van der Waals surface area contributed by atoms with E-state index in [2.05, 4.69) is 22.6 Å². The molecule has 0 unspecified atom stereocenters. The molecular formula is C16H26N4O6. The number of carbonyl (C=O) groups is 4. The number of nitrogens with one attached hydrogen (secondary N) is 2. The molecular weight excluding hydrogens is 344 g/mol. The lowest BCUT2D eigenvalue weighted by molar-refractivity contribution is -0.148. The average molecular weight is 370 g/mol. The summed E-state index contributed by atoms with van der Waals surface area (Å²) in [4.78, 5) is 47.3. The van der Waals surface area contributed by atoms with Crippen LogP contribution < -0.4 is 10.6 Å². The monoisotopic (exact) mass is 370 g/mol. The third-order valence-electron chi connectivity index (χ3n) is 4.97. The molecule has 4 amide bonds. The zero-order valence-electron chi connectivity index (χ0n) is 14.9. The van der Waals surface area contributed by atoms with Gasteiger partial charge in [0.15, 0.2) is 0 Å². The first-order chi connectivity index (χ1) is 12.4. The molecule has 0 aromatic carbocycles. The Bertz CT molecular complexity index is 547. The summed E-state index contributed by atoms with van der Waals surface area (Å²) in [5.74, 6) is -0.308. The van der Waals surface area contributed by atoms with Crippen LogP contribution in [0.3, 0.4) is 0 Å². The van der Waals surface area contributed by atoms with Gasteiger partial charge in [-0.25, -0.2) is 4.79 Å². The quantitative estimate of drug-likeness (QED) is 0.429. The van der Waals surface area contributed by atoms with E-state index in [-0.39, 0.29) is 30.3 Å². The molecule has 0 bridgehead atoms. The Morgan fingerprint density at radius 3 is 2.54 bits per heavy atom. The van der Waals surface area contributed by atoms with Gasteiger partial charge in [0.25, 0.3) is 12.4 Å². The second-order valence-corrected chi connectivity index (χ2v) is 6.81. The topological polar surface area (TPSA) is 128 Å². The maximum absolute atomic E-state index is 12.3. The van der Waals surface area contributed by atoms with Crippen LogP contribution in [-0.4, -0.2) is 90.7 Å². The van der Waals surface area contributed by atoms with Crippen molar-refractivity contribution < 1.29 is 29.0 Å². The molecule has 3 aliphatic heterocycles. The largest absolute Gasteiger partial charge is 0.483 e. The van der Waals surface area contributed by atoms with Crippen molar-refractivity contribution in [2.75, 3.05) is 39.8 Å². The van der Waals surface area contributed by atoms with Gasteiger partial charge < -0.3 is 25.0 Å². The zero-order valence-corrected chi connectivity index (χ0v) is 14.9. The van der Waals surface area contributed by atoms with Gasteiger partial charge in [0, 0.05) is 32.6 Å². The lowest BCUT2D eigenvalue weighted by atomic mass is 9.89. The normalized spacial score (nSPS) is 25.1. The summed E-state index contributed by atoms with van der Waals surface area (Å²) in [5.41, 5.74) is -0.108. The van der Waals surface area contributed by atoms with Gasteiger partial charge in [0.05, 0.1) is 12.2 Å². The Balaban J connectivity index is 0.000000758. The van der Waals surface area contributed by atoms with E-state index in [1.807, 2.05) is 4.90 Å². The Kier molecular flexibility index (Phi) is 6.92. The lowest BCUT2D eigenvalue weighted by Crippen LogP contribution is -2.56. The number of urea groups is 1. The van der Waals surface area contributed by atoms with Crippen molar-refractivity contribution >= 4 is 24.3 Å². The fourth-order valence-corrected chi connectivity index (χ4v) is 3.59. The second kappa shape index (κ2) is 8.95. The molecule has 3 heterocycles. The summed E-state index contributed by atoms with van der Waals surface area (Å²) in [6.45, 7) is 3.76. The third-order valence-corrected chi connectivity index (χ3v) is 4.97. The standard InChI is InChI=1S/C15H24N4O4.CH2O2/c1-18-8-9-23-15(10-18)4-6-19(7-5-15)12(20)3-2-11-13(21)17-14(22)16-11;2-1-3/h11H,2-10H2,1H3,(H2,16,17,21,22);1H,(H,2,3)/t11-;/m0./s1. The highest BCUT2D eigenvalue weighted by molar-refractivity contribution is 6.04. The molecule has 1 spiro atoms. The summed E-state index contributed by atoms with van der Waals surface area (Å²) >= 11 is 0. The zero-order chi connectivity index (χ0) is 19.2. The molecule has 3 aliphatic rings. The van der Waals surface area contributed by atoms with Crippen molar-refractivity contribution in [2.45, 2.75) is 37.3 Å². The predicted octanol–water partition coefficient (Wildman–Crippen LogP) is -1.00. The smallest absolute Gasteiger partial charge is 0.322 e. The Morgan fingerprint density at radius 1 is 1.35 bits per heavy atom. The van der Waals surface area contributed by atoms with Crippen LogP contribution in [0.15, 0.2) is 0 Å². The number of imide groups is 1. The number of carboxylic acid groups (broad SMARTS) is 1. The Hall–Kier alpha value is -2.20. The van der Waals surface area contributed by atoms with Crippen LogP contribution in [-0.2, 0) is 19.1 Å². The van der Waals surface area contributed by atoms with E-state index in [0.29, 0.717) is 19.5 Å². The number of carbonyl (C=O) groups excluding carboxylic acids is 3. The lowest BCUT2D eigenvalue weighted by Gasteiger charge is -2.46. The van der Waals surface area contributed by atoms with Gasteiger partial charge in [0.1, 0.15) is 6.04 Å². The van der Waals surface area contributed by atoms with Crippen LogP contribution in [0.25, 0.3) is 0 Å². The molecule has 0 saturated carbocycles. The summed E-state index contributed by atoms with van der Waals surface area (Å²) in [7, 11) is 2.10. The fourth-order valence-electron chi connectivity index (χ4n) is 3.59. The highest BCUT2D eigenvalue weighted by Gasteiger charge is 2.40. The number of hydrogen-bond donors (Lipinski definition) is 3. The van der Waals surface area contributed by atoms with E-state index in [1.54, 1.807) is 0 Å². The molecule has 3 rings (SSSR count). The van der Waals surface area contributed by atoms with Gasteiger partial charge in [0.2, 0.25) is 5.91 Å². The predicted molar refractivity (Wildman–Crippen MR) is 90.4 cm³/mol. The SMILES string of the molecule is CN1CCOC2(CCN(C(=O)CC[C@@H]3NC(=O)NC3=O)CC2)C1.O=CO. The first-order valence-electron chi connectivity index (χ1n) is 8.68. The van der Waals surface area contributed by atoms with E-state index < -0.39 is 12.1 Å². The minimum Gasteiger partial charge on any atom is -0.483 e. The van der Waals surface area contributed by atoms with Crippen LogP contribution in [0.5, 0.6) is 0 Å². The maximum Gasteiger partial charge on any atom is 0.322 e. The number of likely N-dealkylation sites (tertiary alicyclic amines) is 1. The minimum absolute atomic E-state index is 0.0398. The number of likely N-dealkylation sites (N-methyl/N-ethyl adjacent to an activating group) is 1. The van der Waals surface area contributed by atoms with E-state index >= 15 is 0 Å². The number of ether oxygens (including phenoxy) is 1. The molecule has 0 aromatic heterocycles. The van der Waals surface area contributed by atoms with Gasteiger partial charge in [-0.1, -0.05) is 0 Å². The number of nitrogens with zero attached hydrogens (tertiary/aromatic N) is 2. The van der Waals surface area contributed by atoms with Crippen molar-refractivity contribution in [1.29, 1.82) is 0 Å². The number of hydrogen-bond acceptors (Lipinski definition) is 6. The first kappa shape index (κ1) is 20.1. The first-order valence-corrected chi connectivity index (χ1v) is 8.68. The van der Waals surface area contributed by atoms with Crippen molar-refractivity contribution in [3.05, 3.63) is 0 Å². The van der Waals surface area contributed by atoms with Crippen LogP contribution in [0.4, 0.5) is 4.79 Å². The van der Waals surface area contributed by atoms with Crippen LogP contribution in [0.1, 0.15) is 25.7 Å². The van der Waals surface area contributed by atoms with E-state index in [1.165, 1.54) is 0 Å². The van der Waals surface area contributed by atoms with E-state index in [4.69, 9.17) is 14.6 Å². The molecule has 1 atom stereocenters. The second-order valence-electron chi connectivity index (χ2n) is 6.81. The minimum atomic E-state index is -0.585. The van der Waals surface area contributed by atoms with E-state index in [9.17, 15) is 14.4 Å². The van der Waals surface area contributed by atoms with E-state index in [0.717, 1.165) is 32.5 Å². The van der Waals surface area contributed by atoms with Crippen molar-refractivity contribution in [1.82, 2.24) is 20.4 Å². The summed E-state index contributed by atoms with van der Waals surface area (Å²) < 4.78 is 5.99. The molecule has 3 saturated heterocycles. The van der Waals surface area contributed by atoms with Crippen molar-refractivity contribution in [3.63, 3.8) is 0 Å². The van der Waals surface area contributed by atoms with Gasteiger partial charge in [-0.3, -0.25) is 19.7 Å². The summed E-state index contributed by atoms with van der Waals surface area (Å²) in [6.07, 6.45) is 2.32. The molecule has 10 heteroatoms. The molecule has 0 aromatic rings. The molecule has 0 aliphatic carbocycles. The van der Waals surface area contributed by atoms with Crippen molar-refractivity contribution in [2.24, 2.45) is 0 Å². The number of morpholine rings is 1. The van der Waals surface area contributed by atoms with Gasteiger partial charge >= 0.3 is 6.03 Å². The van der Waals surface area contributed by atoms with Crippen LogP contribution in [0, 0.1) is 0 Å². The molecule has 146 valence electrons. The van der Waals surface area contributed by atoms with Crippen molar-refractivity contribution in [3.8, 4) is 0 Å². The van der Waals surface area contributed by atoms with Gasteiger partial charge in [-0.2, -0.15) is 0 Å². The number of rotatable bonds is 3. The Morgan fingerprint density at radius 2 is 2.00 bits per heavy atom. The molecule has 26 heavy (non-hydrogen) atoms. The number of piperidine rings is 1.